The summed E-state index contributed by atoms with van der Waals surface area (Å²) in [6, 6.07) is 14.8. The lowest BCUT2D eigenvalue weighted by Crippen LogP contribution is -2.28. The summed E-state index contributed by atoms with van der Waals surface area (Å²) in [7, 11) is 1.69. The van der Waals surface area contributed by atoms with E-state index in [1.807, 2.05) is 30.3 Å². The van der Waals surface area contributed by atoms with E-state index < -0.39 is 0 Å². The molecular formula is C21H22FNO. The van der Waals surface area contributed by atoms with Crippen molar-refractivity contribution in [1.29, 1.82) is 0 Å². The lowest BCUT2D eigenvalue weighted by atomic mass is 9.99. The molecular weight excluding hydrogens is 301 g/mol. The number of methoxy groups -OCH3 is 1. The Bertz CT molecular complexity index is 734. The van der Waals surface area contributed by atoms with Crippen molar-refractivity contribution in [3.63, 3.8) is 0 Å². The summed E-state index contributed by atoms with van der Waals surface area (Å²) in [4.78, 5) is 2.39. The van der Waals surface area contributed by atoms with Crippen LogP contribution in [0.3, 0.4) is 0 Å². The van der Waals surface area contributed by atoms with Crippen molar-refractivity contribution in [3.8, 4) is 5.75 Å². The topological polar surface area (TPSA) is 12.5 Å². The molecule has 2 aromatic carbocycles. The van der Waals surface area contributed by atoms with Crippen LogP contribution in [0.2, 0.25) is 0 Å². The van der Waals surface area contributed by atoms with E-state index in [-0.39, 0.29) is 5.82 Å². The number of halogens is 1. The fourth-order valence-electron chi connectivity index (χ4n) is 2.94. The van der Waals surface area contributed by atoms with Crippen LogP contribution >= 0.6 is 0 Å². The van der Waals surface area contributed by atoms with Crippen molar-refractivity contribution in [2.24, 2.45) is 0 Å². The minimum absolute atomic E-state index is 0.182. The fourth-order valence-corrected chi connectivity index (χ4v) is 2.94. The molecule has 0 radical (unpaired) electrons. The van der Waals surface area contributed by atoms with E-state index in [1.54, 1.807) is 7.11 Å². The zero-order valence-corrected chi connectivity index (χ0v) is 13.9. The Morgan fingerprint density at radius 1 is 1.12 bits per heavy atom. The van der Waals surface area contributed by atoms with E-state index in [1.165, 1.54) is 17.7 Å². The fraction of sp³-hybridized carbons (Fsp3) is 0.238. The van der Waals surface area contributed by atoms with Crippen LogP contribution in [0.25, 0.3) is 11.6 Å². The van der Waals surface area contributed by atoms with Crippen molar-refractivity contribution in [2.75, 3.05) is 26.7 Å². The number of ether oxygens (including phenoxy) is 1. The van der Waals surface area contributed by atoms with Crippen LogP contribution in [0, 0.1) is 5.82 Å². The van der Waals surface area contributed by atoms with Gasteiger partial charge in [-0.2, -0.15) is 0 Å². The van der Waals surface area contributed by atoms with Crippen molar-refractivity contribution in [1.82, 2.24) is 4.90 Å². The van der Waals surface area contributed by atoms with Crippen molar-refractivity contribution in [3.05, 3.63) is 77.6 Å². The summed E-state index contributed by atoms with van der Waals surface area (Å²) < 4.78 is 18.4. The van der Waals surface area contributed by atoms with Gasteiger partial charge in [-0.25, -0.2) is 4.39 Å². The van der Waals surface area contributed by atoms with Gasteiger partial charge < -0.3 is 4.74 Å². The molecule has 3 rings (SSSR count). The molecule has 0 saturated carbocycles. The van der Waals surface area contributed by atoms with Crippen LogP contribution in [0.1, 0.15) is 17.5 Å². The van der Waals surface area contributed by atoms with Gasteiger partial charge in [-0.05, 0) is 35.8 Å². The predicted octanol–water partition coefficient (Wildman–Crippen LogP) is 4.64. The summed E-state index contributed by atoms with van der Waals surface area (Å²) in [6.07, 6.45) is 7.52. The Morgan fingerprint density at radius 2 is 1.92 bits per heavy atom. The molecule has 2 aromatic rings. The Hall–Kier alpha value is -2.39. The molecule has 3 heteroatoms. The van der Waals surface area contributed by atoms with Crippen molar-refractivity contribution in [2.45, 2.75) is 6.42 Å². The Balaban J connectivity index is 1.57. The van der Waals surface area contributed by atoms with Crippen LogP contribution in [-0.4, -0.2) is 31.6 Å². The van der Waals surface area contributed by atoms with Crippen LogP contribution in [-0.2, 0) is 0 Å². The molecule has 0 fully saturated rings. The average Bonchev–Trinajstić information content (AvgIpc) is 2.63. The largest absolute Gasteiger partial charge is 0.496 e. The van der Waals surface area contributed by atoms with E-state index in [4.69, 9.17) is 4.74 Å². The minimum Gasteiger partial charge on any atom is -0.496 e. The van der Waals surface area contributed by atoms with Gasteiger partial charge in [0.05, 0.1) is 7.11 Å². The minimum atomic E-state index is -0.182. The van der Waals surface area contributed by atoms with E-state index >= 15 is 0 Å². The van der Waals surface area contributed by atoms with Crippen LogP contribution in [0.5, 0.6) is 5.75 Å². The molecule has 124 valence electrons. The molecule has 0 saturated heterocycles. The van der Waals surface area contributed by atoms with Gasteiger partial charge in [0.1, 0.15) is 11.6 Å². The van der Waals surface area contributed by atoms with Gasteiger partial charge in [0.2, 0.25) is 0 Å². The standard InChI is InChI=1S/C21H22FNO/c1-24-21-7-3-2-5-19(21)6-4-14-23-15-12-18(13-16-23)17-8-10-20(22)11-9-17/h2-12H,13-16H2,1H3. The number of para-hydroxylation sites is 1. The van der Waals surface area contributed by atoms with Crippen LogP contribution in [0.4, 0.5) is 4.39 Å². The third kappa shape index (κ3) is 4.12. The Labute approximate surface area is 142 Å². The zero-order valence-electron chi connectivity index (χ0n) is 13.9. The van der Waals surface area contributed by atoms with E-state index in [2.05, 4.69) is 29.2 Å². The smallest absolute Gasteiger partial charge is 0.126 e. The van der Waals surface area contributed by atoms with Crippen molar-refractivity contribution < 1.29 is 9.13 Å². The molecule has 0 aliphatic carbocycles. The summed E-state index contributed by atoms with van der Waals surface area (Å²) in [5.41, 5.74) is 3.53. The molecule has 0 N–H and O–H groups in total. The molecule has 0 amide bonds. The molecule has 0 spiro atoms. The lowest BCUT2D eigenvalue weighted by Gasteiger charge is -2.25. The molecule has 0 unspecified atom stereocenters. The zero-order chi connectivity index (χ0) is 16.8. The molecule has 24 heavy (non-hydrogen) atoms. The van der Waals surface area contributed by atoms with Gasteiger partial charge in [0.15, 0.2) is 0 Å². The highest BCUT2D eigenvalue weighted by Crippen LogP contribution is 2.23. The molecule has 1 aliphatic heterocycles. The summed E-state index contributed by atoms with van der Waals surface area (Å²) in [6.45, 7) is 2.84. The van der Waals surface area contributed by atoms with E-state index in [0.29, 0.717) is 0 Å². The lowest BCUT2D eigenvalue weighted by molar-refractivity contribution is 0.335. The average molecular weight is 323 g/mol. The highest BCUT2D eigenvalue weighted by Gasteiger charge is 2.11. The first kappa shape index (κ1) is 16.5. The van der Waals surface area contributed by atoms with Gasteiger partial charge in [0, 0.05) is 25.2 Å². The summed E-state index contributed by atoms with van der Waals surface area (Å²) in [5, 5.41) is 0. The summed E-state index contributed by atoms with van der Waals surface area (Å²) in [5.74, 6) is 0.712. The van der Waals surface area contributed by atoms with Crippen molar-refractivity contribution >= 4 is 11.6 Å². The molecule has 0 atom stereocenters. The van der Waals surface area contributed by atoms with Crippen LogP contribution < -0.4 is 4.74 Å². The number of benzene rings is 2. The van der Waals surface area contributed by atoms with Crippen LogP contribution in [0.15, 0.2) is 60.7 Å². The Morgan fingerprint density at radius 3 is 2.62 bits per heavy atom. The summed E-state index contributed by atoms with van der Waals surface area (Å²) >= 11 is 0. The maximum atomic E-state index is 13.0. The number of hydrogen-bond acceptors (Lipinski definition) is 2. The maximum Gasteiger partial charge on any atom is 0.126 e. The third-order valence-electron chi connectivity index (χ3n) is 4.31. The molecule has 2 nitrogen and oxygen atoms in total. The highest BCUT2D eigenvalue weighted by molar-refractivity contribution is 5.66. The van der Waals surface area contributed by atoms with Gasteiger partial charge in [-0.15, -0.1) is 0 Å². The van der Waals surface area contributed by atoms with Gasteiger partial charge in [-0.3, -0.25) is 4.90 Å². The quantitative estimate of drug-likeness (QED) is 0.795. The first-order valence-electron chi connectivity index (χ1n) is 8.23. The first-order valence-corrected chi connectivity index (χ1v) is 8.23. The number of nitrogens with zero attached hydrogens (tertiary/aromatic N) is 1. The number of rotatable bonds is 5. The van der Waals surface area contributed by atoms with Gasteiger partial charge in [-0.1, -0.05) is 48.6 Å². The normalized spacial score (nSPS) is 15.5. The second kappa shape index (κ2) is 7.93. The number of hydrogen-bond donors (Lipinski definition) is 0. The van der Waals surface area contributed by atoms with Gasteiger partial charge >= 0.3 is 0 Å². The van der Waals surface area contributed by atoms with E-state index in [0.717, 1.165) is 42.9 Å². The molecule has 0 bridgehead atoms. The molecule has 1 heterocycles. The monoisotopic (exact) mass is 323 g/mol. The molecule has 0 aromatic heterocycles. The second-order valence-electron chi connectivity index (χ2n) is 5.89. The predicted molar refractivity (Wildman–Crippen MR) is 97.5 cm³/mol. The highest BCUT2D eigenvalue weighted by atomic mass is 19.1. The first-order chi connectivity index (χ1) is 11.8. The van der Waals surface area contributed by atoms with E-state index in [9.17, 15) is 4.39 Å². The third-order valence-corrected chi connectivity index (χ3v) is 4.31. The van der Waals surface area contributed by atoms with Gasteiger partial charge in [0.25, 0.3) is 0 Å². The SMILES string of the molecule is COc1ccccc1C=CCN1CC=C(c2ccc(F)cc2)CC1. The Kier molecular flexibility index (Phi) is 5.44. The molecule has 1 aliphatic rings. The maximum absolute atomic E-state index is 13.0. The second-order valence-corrected chi connectivity index (χ2v) is 5.89.